The van der Waals surface area contributed by atoms with Crippen molar-refractivity contribution in [2.24, 2.45) is 0 Å². The first-order valence-electron chi connectivity index (χ1n) is 2.68. The van der Waals surface area contributed by atoms with Crippen molar-refractivity contribution in [3.8, 4) is 0 Å². The van der Waals surface area contributed by atoms with Gasteiger partial charge in [0.15, 0.2) is 4.34 Å². The number of hydrogen-bond donors (Lipinski definition) is 0. The minimum absolute atomic E-state index is 0. The van der Waals surface area contributed by atoms with Crippen molar-refractivity contribution in [1.29, 1.82) is 0 Å². The second-order valence-corrected chi connectivity index (χ2v) is 3.83. The maximum atomic E-state index is 11.6. The Morgan fingerprint density at radius 1 is 1.50 bits per heavy atom. The first-order valence-corrected chi connectivity index (χ1v) is 4.54. The van der Waals surface area contributed by atoms with Crippen LogP contribution in [0.15, 0.2) is 9.85 Å². The van der Waals surface area contributed by atoms with E-state index in [1.807, 2.05) is 0 Å². The summed E-state index contributed by atoms with van der Waals surface area (Å²) in [6, 6.07) is 0. The van der Waals surface area contributed by atoms with Crippen molar-refractivity contribution < 1.29 is 64.3 Å². The number of hydrogen-bond acceptors (Lipinski definition) is 4. The summed E-state index contributed by atoms with van der Waals surface area (Å²) in [7, 11) is 0. The Kier molecular flexibility index (Phi) is 6.69. The van der Waals surface area contributed by atoms with Crippen LogP contribution >= 0.6 is 23.1 Å². The molecule has 0 aliphatic carbocycles. The Balaban J connectivity index is 0.00000121. The molecule has 0 spiro atoms. The number of halogens is 3. The van der Waals surface area contributed by atoms with Crippen LogP contribution in [0.3, 0.4) is 0 Å². The van der Waals surface area contributed by atoms with Gasteiger partial charge in [-0.25, -0.2) is 0 Å². The summed E-state index contributed by atoms with van der Waals surface area (Å²) in [4.78, 5) is 0. The molecule has 0 radical (unpaired) electrons. The van der Waals surface area contributed by atoms with Gasteiger partial charge in [-0.2, -0.15) is 0 Å². The molecule has 12 heavy (non-hydrogen) atoms. The second-order valence-electron chi connectivity index (χ2n) is 1.73. The molecular weight excluding hydrogens is 235 g/mol. The molecule has 0 atom stereocenters. The van der Waals surface area contributed by atoms with Crippen LogP contribution in [0.4, 0.5) is 12.9 Å². The van der Waals surface area contributed by atoms with Crippen molar-refractivity contribution in [3.63, 3.8) is 0 Å². The Hall–Kier alpha value is 1.40. The summed E-state index contributed by atoms with van der Waals surface area (Å²) >= 11 is 1.80. The van der Waals surface area contributed by atoms with E-state index in [0.29, 0.717) is 16.1 Å². The summed E-state index contributed by atoms with van der Waals surface area (Å²) in [5.41, 5.74) is 0.570. The molecule has 0 aromatic carbocycles. The van der Waals surface area contributed by atoms with Crippen LogP contribution in [0.25, 0.3) is 0 Å². The van der Waals surface area contributed by atoms with E-state index >= 15 is 0 Å². The molecule has 0 N–H and O–H groups in total. The Morgan fingerprint density at radius 2 is 2.17 bits per heavy atom. The van der Waals surface area contributed by atoms with Crippen LogP contribution in [0, 0.1) is 0 Å². The maximum Gasteiger partial charge on any atom is 1.00 e. The fourth-order valence-electron chi connectivity index (χ4n) is 0.392. The van der Waals surface area contributed by atoms with Crippen LogP contribution in [0.1, 0.15) is 0 Å². The number of rotatable bonds is 3. The van der Waals surface area contributed by atoms with E-state index in [-0.39, 0.29) is 51.4 Å². The van der Waals surface area contributed by atoms with Gasteiger partial charge < -0.3 is 12.9 Å². The zero-order valence-corrected chi connectivity index (χ0v) is 11.0. The number of nitrogens with zero attached hydrogens (tertiary/aromatic N) is 2. The molecule has 9 heteroatoms. The van der Waals surface area contributed by atoms with Gasteiger partial charge in [-0.05, 0) is 5.65 Å². The molecule has 0 aliphatic heterocycles. The van der Waals surface area contributed by atoms with Crippen LogP contribution < -0.4 is 51.4 Å². The van der Waals surface area contributed by atoms with Gasteiger partial charge in [-0.1, -0.05) is 11.3 Å². The first kappa shape index (κ1) is 13.4. The zero-order chi connectivity index (χ0) is 8.32. The van der Waals surface area contributed by atoms with Crippen LogP contribution in [-0.2, 0) is 0 Å². The van der Waals surface area contributed by atoms with Crippen molar-refractivity contribution in [2.45, 2.75) is 4.34 Å². The standard InChI is InChI=1S/C3H3BF3N2S2.K/c5-4(6,7)1-10-3-9-8-2-11-3;/h2H,1H2;/q-1;+1. The van der Waals surface area contributed by atoms with E-state index in [4.69, 9.17) is 0 Å². The van der Waals surface area contributed by atoms with E-state index in [1.54, 1.807) is 0 Å². The summed E-state index contributed by atoms with van der Waals surface area (Å²) in [6.07, 6.45) is 0. The van der Waals surface area contributed by atoms with E-state index in [9.17, 15) is 12.9 Å². The van der Waals surface area contributed by atoms with Crippen molar-refractivity contribution in [1.82, 2.24) is 10.2 Å². The van der Waals surface area contributed by atoms with Gasteiger partial charge in [0.2, 0.25) is 0 Å². The SMILES string of the molecule is F[B-](F)(F)CSc1nncs1.[K+]. The molecule has 1 aromatic heterocycles. The predicted octanol–water partition coefficient (Wildman–Crippen LogP) is -0.979. The monoisotopic (exact) mass is 238 g/mol. The normalized spacial score (nSPS) is 10.9. The smallest absolute Gasteiger partial charge is 0.448 e. The second kappa shape index (κ2) is 5.99. The molecule has 62 valence electrons. The molecule has 0 unspecified atom stereocenters. The fraction of sp³-hybridized carbons (Fsp3) is 0.333. The third-order valence-electron chi connectivity index (χ3n) is 0.736. The summed E-state index contributed by atoms with van der Waals surface area (Å²) in [5.74, 6) is 0. The summed E-state index contributed by atoms with van der Waals surface area (Å²) < 4.78 is 35.3. The van der Waals surface area contributed by atoms with Crippen molar-refractivity contribution in [2.75, 3.05) is 5.65 Å². The van der Waals surface area contributed by atoms with Crippen molar-refractivity contribution in [3.05, 3.63) is 5.51 Å². The maximum absolute atomic E-state index is 11.6. The molecule has 0 aliphatic rings. The van der Waals surface area contributed by atoms with E-state index < -0.39 is 12.6 Å². The number of aromatic nitrogens is 2. The molecule has 0 saturated carbocycles. The molecule has 0 amide bonds. The molecule has 1 aromatic rings. The van der Waals surface area contributed by atoms with E-state index in [2.05, 4.69) is 10.2 Å². The van der Waals surface area contributed by atoms with Crippen LogP contribution in [0.5, 0.6) is 0 Å². The Bertz CT molecular complexity index is 216. The van der Waals surface area contributed by atoms with Gasteiger partial charge in [0.25, 0.3) is 0 Å². The molecule has 1 rings (SSSR count). The predicted molar refractivity (Wildman–Crippen MR) is 39.7 cm³/mol. The molecule has 0 saturated heterocycles. The molecule has 1 heterocycles. The summed E-state index contributed by atoms with van der Waals surface area (Å²) in [5, 5.41) is 6.87. The molecule has 0 bridgehead atoms. The van der Waals surface area contributed by atoms with Crippen LogP contribution in [0.2, 0.25) is 0 Å². The molecule has 2 nitrogen and oxygen atoms in total. The van der Waals surface area contributed by atoms with E-state index in [1.165, 1.54) is 5.51 Å². The third-order valence-corrected chi connectivity index (χ3v) is 2.73. The fourth-order valence-corrected chi connectivity index (χ4v) is 1.71. The minimum atomic E-state index is -4.71. The average molecular weight is 238 g/mol. The van der Waals surface area contributed by atoms with Gasteiger partial charge >= 0.3 is 58.4 Å². The Labute approximate surface area is 118 Å². The van der Waals surface area contributed by atoms with Gasteiger partial charge in [0.05, 0.1) is 0 Å². The van der Waals surface area contributed by atoms with Gasteiger partial charge in [-0.3, -0.25) is 0 Å². The molecular formula is C3H3BF3KN2S2. The third kappa shape index (κ3) is 5.95. The molecule has 0 fully saturated rings. The topological polar surface area (TPSA) is 25.8 Å². The van der Waals surface area contributed by atoms with Crippen LogP contribution in [-0.4, -0.2) is 22.8 Å². The number of thioether (sulfide) groups is 1. The zero-order valence-electron chi connectivity index (χ0n) is 6.21. The van der Waals surface area contributed by atoms with Gasteiger partial charge in [-0.15, -0.1) is 22.0 Å². The average Bonchev–Trinajstić information content (AvgIpc) is 2.32. The van der Waals surface area contributed by atoms with Gasteiger partial charge in [0.1, 0.15) is 5.51 Å². The summed E-state index contributed by atoms with van der Waals surface area (Å²) in [6.45, 7) is -4.71. The largest absolute Gasteiger partial charge is 1.00 e. The Morgan fingerprint density at radius 3 is 2.58 bits per heavy atom. The van der Waals surface area contributed by atoms with Gasteiger partial charge in [0, 0.05) is 0 Å². The first-order chi connectivity index (χ1) is 5.08. The van der Waals surface area contributed by atoms with E-state index in [0.717, 1.165) is 11.3 Å². The van der Waals surface area contributed by atoms with Crippen molar-refractivity contribution >= 4 is 30.1 Å². The quantitative estimate of drug-likeness (QED) is 0.500. The minimum Gasteiger partial charge on any atom is -0.448 e.